The minimum atomic E-state index is 0.839. The third-order valence-electron chi connectivity index (χ3n) is 3.14. The highest BCUT2D eigenvalue weighted by Gasteiger charge is 2.12. The van der Waals surface area contributed by atoms with E-state index in [-0.39, 0.29) is 0 Å². The van der Waals surface area contributed by atoms with Gasteiger partial charge in [-0.1, -0.05) is 6.08 Å². The molecule has 0 unspecified atom stereocenters. The van der Waals surface area contributed by atoms with Crippen LogP contribution in [0.25, 0.3) is 0 Å². The van der Waals surface area contributed by atoms with Gasteiger partial charge in [0, 0.05) is 0 Å². The third-order valence-corrected chi connectivity index (χ3v) is 3.14. The van der Waals surface area contributed by atoms with Gasteiger partial charge in [-0.15, -0.1) is 0 Å². The lowest BCUT2D eigenvalue weighted by atomic mass is 9.98. The molecule has 0 N–H and O–H groups in total. The smallest absolute Gasteiger partial charge is 0.0966 e. The molecule has 84 valence electrons. The zero-order chi connectivity index (χ0) is 11.2. The Morgan fingerprint density at radius 1 is 1.00 bits per heavy atom. The third kappa shape index (κ3) is 2.79. The van der Waals surface area contributed by atoms with Crippen LogP contribution in [0.3, 0.4) is 0 Å². The van der Waals surface area contributed by atoms with E-state index in [1.54, 1.807) is 0 Å². The summed E-state index contributed by atoms with van der Waals surface area (Å²) in [5.74, 6) is 0. The average molecular weight is 215 g/mol. The summed E-state index contributed by atoms with van der Waals surface area (Å²) in [5, 5.41) is 17.5. The first-order valence-corrected chi connectivity index (χ1v) is 6.13. The Labute approximate surface area is 96.6 Å². The van der Waals surface area contributed by atoms with Crippen molar-refractivity contribution in [3.8, 4) is 6.07 Å². The first-order chi connectivity index (χ1) is 7.90. The highest BCUT2D eigenvalue weighted by molar-refractivity contribution is 5.28. The molecule has 2 rings (SSSR count). The second-order valence-electron chi connectivity index (χ2n) is 4.39. The minimum Gasteiger partial charge on any atom is -0.193 e. The van der Waals surface area contributed by atoms with Gasteiger partial charge in [0.25, 0.3) is 0 Å². The van der Waals surface area contributed by atoms with Crippen molar-refractivity contribution < 1.29 is 0 Å². The fraction of sp³-hybridized carbons (Fsp3) is 0.615. The molecule has 0 aromatic heterocycles. The average Bonchev–Trinajstić information content (AvgIpc) is 2.38. The molecule has 3 heteroatoms. The van der Waals surface area contributed by atoms with E-state index < -0.39 is 0 Å². The van der Waals surface area contributed by atoms with Gasteiger partial charge < -0.3 is 0 Å². The van der Waals surface area contributed by atoms with Crippen LogP contribution in [0.5, 0.6) is 0 Å². The van der Waals surface area contributed by atoms with E-state index in [4.69, 9.17) is 5.26 Å². The Hall–Kier alpha value is -1.43. The summed E-state index contributed by atoms with van der Waals surface area (Å²) in [7, 11) is 0. The molecule has 0 aromatic carbocycles. The lowest BCUT2D eigenvalue weighted by molar-refractivity contribution is 0.659. The lowest BCUT2D eigenvalue weighted by Gasteiger charge is -2.11. The number of nitrogens with zero attached hydrogens (tertiary/aromatic N) is 3. The summed E-state index contributed by atoms with van der Waals surface area (Å²) >= 11 is 0. The van der Waals surface area contributed by atoms with E-state index in [0.29, 0.717) is 0 Å². The molecule has 0 bridgehead atoms. The Balaban J connectivity index is 2.07. The predicted octanol–water partition coefficient (Wildman–Crippen LogP) is 4.25. The van der Waals surface area contributed by atoms with Gasteiger partial charge in [0.2, 0.25) is 0 Å². The van der Waals surface area contributed by atoms with Crippen LogP contribution in [0, 0.1) is 11.3 Å². The lowest BCUT2D eigenvalue weighted by Crippen LogP contribution is -1.96. The molecular formula is C13H17N3. The zero-order valence-corrected chi connectivity index (χ0v) is 9.58. The molecule has 2 aliphatic rings. The predicted molar refractivity (Wildman–Crippen MR) is 62.5 cm³/mol. The van der Waals surface area contributed by atoms with E-state index in [1.165, 1.54) is 12.8 Å². The van der Waals surface area contributed by atoms with Crippen LogP contribution in [0.15, 0.2) is 33.3 Å². The summed E-state index contributed by atoms with van der Waals surface area (Å²) < 4.78 is 0. The van der Waals surface area contributed by atoms with E-state index in [9.17, 15) is 0 Å². The zero-order valence-electron chi connectivity index (χ0n) is 9.58. The normalized spacial score (nSPS) is 22.1. The first kappa shape index (κ1) is 11.1. The fourth-order valence-electron chi connectivity index (χ4n) is 2.16. The van der Waals surface area contributed by atoms with Crippen LogP contribution in [0.2, 0.25) is 0 Å². The van der Waals surface area contributed by atoms with Crippen LogP contribution in [-0.2, 0) is 0 Å². The van der Waals surface area contributed by atoms with Crippen LogP contribution in [0.4, 0.5) is 0 Å². The molecule has 0 saturated carbocycles. The molecule has 0 aliphatic heterocycles. The molecule has 0 aromatic rings. The summed E-state index contributed by atoms with van der Waals surface area (Å²) in [5.41, 5.74) is 2.85. The van der Waals surface area contributed by atoms with Crippen LogP contribution >= 0.6 is 0 Å². The molecule has 0 saturated heterocycles. The molecular weight excluding hydrogens is 198 g/mol. The topological polar surface area (TPSA) is 48.5 Å². The van der Waals surface area contributed by atoms with Gasteiger partial charge >= 0.3 is 0 Å². The summed E-state index contributed by atoms with van der Waals surface area (Å²) in [6.07, 6.45) is 10.9. The highest BCUT2D eigenvalue weighted by atomic mass is 15.1. The van der Waals surface area contributed by atoms with Crippen LogP contribution in [-0.4, -0.2) is 0 Å². The van der Waals surface area contributed by atoms with Gasteiger partial charge in [0.1, 0.15) is 0 Å². The van der Waals surface area contributed by atoms with Crippen molar-refractivity contribution in [1.29, 1.82) is 5.26 Å². The van der Waals surface area contributed by atoms with E-state index in [0.717, 1.165) is 55.5 Å². The number of allylic oxidation sites excluding steroid dienone is 4. The molecule has 3 nitrogen and oxygen atoms in total. The SMILES string of the molecule is N#CC1=C(N=NC2=CCCCC2)CCCC1. The van der Waals surface area contributed by atoms with E-state index >= 15 is 0 Å². The van der Waals surface area contributed by atoms with Crippen molar-refractivity contribution in [2.24, 2.45) is 10.2 Å². The summed E-state index contributed by atoms with van der Waals surface area (Å²) in [6.45, 7) is 0. The van der Waals surface area contributed by atoms with Crippen LogP contribution in [0.1, 0.15) is 51.4 Å². The monoisotopic (exact) mass is 215 g/mol. The van der Waals surface area contributed by atoms with Crippen molar-refractivity contribution in [2.45, 2.75) is 51.4 Å². The summed E-state index contributed by atoms with van der Waals surface area (Å²) in [6, 6.07) is 2.25. The molecule has 0 fully saturated rings. The standard InChI is InChI=1S/C13H17N3/c14-10-11-6-4-5-9-13(11)16-15-12-7-2-1-3-8-12/h7H,1-6,8-9H2. The quantitative estimate of drug-likeness (QED) is 0.635. The number of azo groups is 1. The maximum absolute atomic E-state index is 8.97. The van der Waals surface area contributed by atoms with Gasteiger partial charge in [-0.05, 0) is 51.4 Å². The molecule has 0 atom stereocenters. The Bertz CT molecular complexity index is 382. The molecule has 0 spiro atoms. The minimum absolute atomic E-state index is 0.839. The maximum atomic E-state index is 8.97. The van der Waals surface area contributed by atoms with Crippen molar-refractivity contribution in [3.05, 3.63) is 23.0 Å². The van der Waals surface area contributed by atoms with E-state index in [2.05, 4.69) is 22.4 Å². The second-order valence-corrected chi connectivity index (χ2v) is 4.39. The van der Waals surface area contributed by atoms with Crippen molar-refractivity contribution in [3.63, 3.8) is 0 Å². The first-order valence-electron chi connectivity index (χ1n) is 6.13. The number of hydrogen-bond acceptors (Lipinski definition) is 3. The van der Waals surface area contributed by atoms with Crippen molar-refractivity contribution in [2.75, 3.05) is 0 Å². The second kappa shape index (κ2) is 5.60. The maximum Gasteiger partial charge on any atom is 0.0966 e. The van der Waals surface area contributed by atoms with Crippen LogP contribution < -0.4 is 0 Å². The fourth-order valence-corrected chi connectivity index (χ4v) is 2.16. The Morgan fingerprint density at radius 3 is 2.56 bits per heavy atom. The Morgan fingerprint density at radius 2 is 1.81 bits per heavy atom. The molecule has 16 heavy (non-hydrogen) atoms. The highest BCUT2D eigenvalue weighted by Crippen LogP contribution is 2.26. The Kier molecular flexibility index (Phi) is 3.87. The molecule has 2 aliphatic carbocycles. The van der Waals surface area contributed by atoms with Gasteiger partial charge in [-0.25, -0.2) is 0 Å². The van der Waals surface area contributed by atoms with Gasteiger partial charge in [-0.2, -0.15) is 15.5 Å². The van der Waals surface area contributed by atoms with Gasteiger partial charge in [0.05, 0.1) is 23.0 Å². The number of nitriles is 1. The molecule has 0 heterocycles. The molecule has 0 amide bonds. The van der Waals surface area contributed by atoms with Crippen molar-refractivity contribution in [1.82, 2.24) is 0 Å². The van der Waals surface area contributed by atoms with Gasteiger partial charge in [-0.3, -0.25) is 0 Å². The number of hydrogen-bond donors (Lipinski definition) is 0. The number of rotatable bonds is 2. The summed E-state index contributed by atoms with van der Waals surface area (Å²) in [4.78, 5) is 0. The van der Waals surface area contributed by atoms with E-state index in [1.807, 2.05) is 0 Å². The van der Waals surface area contributed by atoms with Gasteiger partial charge in [0.15, 0.2) is 0 Å². The largest absolute Gasteiger partial charge is 0.193 e. The van der Waals surface area contributed by atoms with Crippen molar-refractivity contribution >= 4 is 0 Å². The molecule has 0 radical (unpaired) electrons.